The summed E-state index contributed by atoms with van der Waals surface area (Å²) in [4.78, 5) is 14.2. The molecule has 0 bridgehead atoms. The molecule has 2 amide bonds. The topological polar surface area (TPSA) is 90.9 Å². The van der Waals surface area contributed by atoms with E-state index >= 15 is 0 Å². The van der Waals surface area contributed by atoms with E-state index in [0.29, 0.717) is 35.1 Å². The van der Waals surface area contributed by atoms with Crippen molar-refractivity contribution in [1.29, 1.82) is 0 Å². The van der Waals surface area contributed by atoms with Crippen LogP contribution in [-0.2, 0) is 10.0 Å². The number of carbonyl (C=O) groups is 1. The Morgan fingerprint density at radius 2 is 2.03 bits per heavy atom. The minimum atomic E-state index is -3.77. The van der Waals surface area contributed by atoms with Crippen LogP contribution in [-0.4, -0.2) is 50.4 Å². The van der Waals surface area contributed by atoms with Crippen LogP contribution in [0.3, 0.4) is 0 Å². The predicted molar refractivity (Wildman–Crippen MR) is 116 cm³/mol. The van der Waals surface area contributed by atoms with Crippen molar-refractivity contribution < 1.29 is 13.2 Å². The summed E-state index contributed by atoms with van der Waals surface area (Å²) in [5, 5.41) is 6.39. The number of amidine groups is 1. The van der Waals surface area contributed by atoms with E-state index in [1.165, 1.54) is 0 Å². The van der Waals surface area contributed by atoms with Crippen LogP contribution in [0.2, 0.25) is 5.02 Å². The zero-order valence-corrected chi connectivity index (χ0v) is 18.5. The van der Waals surface area contributed by atoms with Crippen LogP contribution in [0.4, 0.5) is 4.79 Å². The van der Waals surface area contributed by atoms with Crippen molar-refractivity contribution in [2.45, 2.75) is 52.1 Å². The van der Waals surface area contributed by atoms with E-state index in [1.807, 2.05) is 18.7 Å². The smallest absolute Gasteiger partial charge is 0.315 e. The average Bonchev–Trinajstić information content (AvgIpc) is 2.91. The molecular weight excluding hydrogens is 412 g/mol. The van der Waals surface area contributed by atoms with Gasteiger partial charge in [0, 0.05) is 35.8 Å². The number of halogens is 1. The van der Waals surface area contributed by atoms with Gasteiger partial charge >= 0.3 is 6.03 Å². The summed E-state index contributed by atoms with van der Waals surface area (Å²) in [6, 6.07) is 6.84. The van der Waals surface area contributed by atoms with Gasteiger partial charge in [0.1, 0.15) is 10.7 Å². The first-order chi connectivity index (χ1) is 13.7. The van der Waals surface area contributed by atoms with E-state index in [1.54, 1.807) is 31.2 Å². The summed E-state index contributed by atoms with van der Waals surface area (Å²) in [5.41, 5.74) is 1.18. The Labute approximate surface area is 177 Å². The number of benzene rings is 1. The summed E-state index contributed by atoms with van der Waals surface area (Å²) in [5.74, 6) is 0.488. The number of rotatable bonds is 4. The summed E-state index contributed by atoms with van der Waals surface area (Å²) in [7, 11) is -3.77. The lowest BCUT2D eigenvalue weighted by Crippen LogP contribution is -2.50. The highest BCUT2D eigenvalue weighted by atomic mass is 35.5. The van der Waals surface area contributed by atoms with Gasteiger partial charge < -0.3 is 15.5 Å². The lowest BCUT2D eigenvalue weighted by molar-refractivity contribution is 0.223. The first-order valence-corrected chi connectivity index (χ1v) is 11.7. The molecule has 9 heteroatoms. The van der Waals surface area contributed by atoms with Gasteiger partial charge in [0.15, 0.2) is 0 Å². The molecule has 2 aliphatic heterocycles. The zero-order valence-electron chi connectivity index (χ0n) is 16.9. The molecule has 0 aromatic heterocycles. The van der Waals surface area contributed by atoms with Crippen LogP contribution in [0.15, 0.2) is 34.2 Å². The van der Waals surface area contributed by atoms with Gasteiger partial charge in [-0.05, 0) is 50.8 Å². The number of nitrogens with zero attached hydrogens (tertiary/aromatic N) is 2. The van der Waals surface area contributed by atoms with E-state index < -0.39 is 10.0 Å². The molecule has 1 aromatic carbocycles. The lowest BCUT2D eigenvalue weighted by Gasteiger charge is -2.34. The maximum atomic E-state index is 12.7. The first-order valence-electron chi connectivity index (χ1n) is 9.85. The van der Waals surface area contributed by atoms with Crippen molar-refractivity contribution in [3.8, 4) is 0 Å². The fourth-order valence-corrected chi connectivity index (χ4v) is 5.27. The second kappa shape index (κ2) is 8.75. The van der Waals surface area contributed by atoms with Crippen molar-refractivity contribution in [2.75, 3.05) is 13.1 Å². The number of likely N-dealkylation sites (tertiary alicyclic amines) is 1. The summed E-state index contributed by atoms with van der Waals surface area (Å²) >= 11 is 6.04. The largest absolute Gasteiger partial charge is 0.356 e. The number of hydrogen-bond donors (Lipinski definition) is 2. The normalized spacial score (nSPS) is 20.4. The molecule has 2 heterocycles. The second-order valence-electron chi connectivity index (χ2n) is 7.54. The van der Waals surface area contributed by atoms with Gasteiger partial charge in [0.05, 0.1) is 0 Å². The maximum Gasteiger partial charge on any atom is 0.315 e. The number of hydrogen-bond acceptors (Lipinski definition) is 4. The number of nitrogens with one attached hydrogen (secondary N) is 2. The molecule has 0 unspecified atom stereocenters. The Bertz CT molecular complexity index is 950. The van der Waals surface area contributed by atoms with Crippen molar-refractivity contribution in [3.05, 3.63) is 40.4 Å². The molecule has 7 nitrogen and oxygen atoms in total. The van der Waals surface area contributed by atoms with Crippen molar-refractivity contribution in [1.82, 2.24) is 15.5 Å². The van der Waals surface area contributed by atoms with Crippen molar-refractivity contribution in [2.24, 2.45) is 4.40 Å². The molecule has 0 spiro atoms. The molecule has 0 aliphatic carbocycles. The van der Waals surface area contributed by atoms with Crippen LogP contribution in [0, 0.1) is 0 Å². The van der Waals surface area contributed by atoms with E-state index in [-0.39, 0.29) is 23.0 Å². The zero-order chi connectivity index (χ0) is 21.2. The molecule has 2 aliphatic rings. The van der Waals surface area contributed by atoms with Gasteiger partial charge in [-0.15, -0.1) is 4.40 Å². The van der Waals surface area contributed by atoms with Gasteiger partial charge in [0.2, 0.25) is 0 Å². The fourth-order valence-electron chi connectivity index (χ4n) is 3.60. The SMILES string of the molecule is CC[C@@H](C)NC(=O)NC1CCN(C2=NS(=O)(=O)C(c3cccc(Cl)c3)=C2C)CC1. The highest BCUT2D eigenvalue weighted by Crippen LogP contribution is 2.35. The third-order valence-electron chi connectivity index (χ3n) is 5.35. The van der Waals surface area contributed by atoms with Crippen LogP contribution in [0.5, 0.6) is 0 Å². The molecule has 158 valence electrons. The molecule has 29 heavy (non-hydrogen) atoms. The average molecular weight is 439 g/mol. The number of sulfonamides is 1. The second-order valence-corrected chi connectivity index (χ2v) is 9.52. The van der Waals surface area contributed by atoms with Crippen LogP contribution < -0.4 is 10.6 Å². The Kier molecular flexibility index (Phi) is 6.53. The maximum absolute atomic E-state index is 12.7. The van der Waals surface area contributed by atoms with E-state index in [0.717, 1.165) is 19.3 Å². The molecule has 0 saturated carbocycles. The highest BCUT2D eigenvalue weighted by Gasteiger charge is 2.35. The number of amides is 2. The predicted octanol–water partition coefficient (Wildman–Crippen LogP) is 3.38. The van der Waals surface area contributed by atoms with Gasteiger partial charge in [0.25, 0.3) is 10.0 Å². The van der Waals surface area contributed by atoms with Gasteiger partial charge in [-0.2, -0.15) is 8.42 Å². The Balaban J connectivity index is 1.69. The van der Waals surface area contributed by atoms with E-state index in [2.05, 4.69) is 15.0 Å². The third kappa shape index (κ3) is 4.93. The Hall–Kier alpha value is -2.06. The van der Waals surface area contributed by atoms with Crippen molar-refractivity contribution >= 4 is 38.4 Å². The van der Waals surface area contributed by atoms with Gasteiger partial charge in [-0.1, -0.05) is 30.7 Å². The van der Waals surface area contributed by atoms with Gasteiger partial charge in [-0.3, -0.25) is 0 Å². The van der Waals surface area contributed by atoms with Gasteiger partial charge in [-0.25, -0.2) is 4.79 Å². The minimum absolute atomic E-state index is 0.0607. The number of urea groups is 1. The van der Waals surface area contributed by atoms with E-state index in [4.69, 9.17) is 11.6 Å². The number of piperidine rings is 1. The third-order valence-corrected chi connectivity index (χ3v) is 7.05. The molecule has 1 atom stereocenters. The van der Waals surface area contributed by atoms with Crippen LogP contribution >= 0.6 is 11.6 Å². The quantitative estimate of drug-likeness (QED) is 0.753. The lowest BCUT2D eigenvalue weighted by atomic mass is 10.0. The standard InChI is InChI=1S/C20H27ClN4O3S/c1-4-13(2)22-20(26)23-17-8-10-25(11-9-17)19-14(3)18(29(27,28)24-19)15-6-5-7-16(21)12-15/h5-7,12-13,17H,4,8-11H2,1-3H3,(H2,22,23,26)/t13-/m1/s1. The molecule has 0 radical (unpaired) electrons. The molecular formula is C20H27ClN4O3S. The Morgan fingerprint density at radius 1 is 1.34 bits per heavy atom. The number of carbonyl (C=O) groups excluding carboxylic acids is 1. The fraction of sp³-hybridized carbons (Fsp3) is 0.500. The summed E-state index contributed by atoms with van der Waals surface area (Å²) in [6.07, 6.45) is 2.33. The molecule has 1 fully saturated rings. The van der Waals surface area contributed by atoms with Crippen LogP contribution in [0.1, 0.15) is 45.6 Å². The molecule has 2 N–H and O–H groups in total. The summed E-state index contributed by atoms with van der Waals surface area (Å²) in [6.45, 7) is 7.02. The molecule has 1 aromatic rings. The van der Waals surface area contributed by atoms with Crippen LogP contribution in [0.25, 0.3) is 4.91 Å². The summed E-state index contributed by atoms with van der Waals surface area (Å²) < 4.78 is 29.4. The first kappa shape index (κ1) is 21.6. The Morgan fingerprint density at radius 3 is 2.66 bits per heavy atom. The monoisotopic (exact) mass is 438 g/mol. The van der Waals surface area contributed by atoms with E-state index in [9.17, 15) is 13.2 Å². The highest BCUT2D eigenvalue weighted by molar-refractivity contribution is 8.00. The molecule has 1 saturated heterocycles. The molecule has 3 rings (SSSR count). The minimum Gasteiger partial charge on any atom is -0.356 e. The van der Waals surface area contributed by atoms with Crippen molar-refractivity contribution in [3.63, 3.8) is 0 Å².